The summed E-state index contributed by atoms with van der Waals surface area (Å²) in [5.74, 6) is 1.59. The maximum Gasteiger partial charge on any atom is 0.320 e. The van der Waals surface area contributed by atoms with Crippen LogP contribution in [0.4, 0.5) is 10.6 Å². The van der Waals surface area contributed by atoms with Gasteiger partial charge in [0.05, 0.1) is 11.9 Å². The van der Waals surface area contributed by atoms with E-state index >= 15 is 0 Å². The Kier molecular flexibility index (Phi) is 6.40. The molecule has 3 atom stereocenters. The lowest BCUT2D eigenvalue weighted by atomic mass is 9.93. The predicted octanol–water partition coefficient (Wildman–Crippen LogP) is 5.68. The molecule has 2 aromatic heterocycles. The Hall–Kier alpha value is -3.87. The van der Waals surface area contributed by atoms with Gasteiger partial charge in [0.2, 0.25) is 0 Å². The molecule has 7 nitrogen and oxygen atoms in total. The van der Waals surface area contributed by atoms with E-state index in [0.717, 1.165) is 41.8 Å². The lowest BCUT2D eigenvalue weighted by Crippen LogP contribution is -2.40. The fourth-order valence-corrected chi connectivity index (χ4v) is 5.23. The Bertz CT molecular complexity index is 1290. The quantitative estimate of drug-likeness (QED) is 0.382. The topological polar surface area (TPSA) is 76.8 Å². The summed E-state index contributed by atoms with van der Waals surface area (Å²) >= 11 is 0. The number of hydrogen-bond acceptors (Lipinski definition) is 3. The van der Waals surface area contributed by atoms with E-state index in [0.29, 0.717) is 17.7 Å². The maximum atomic E-state index is 13.3. The van der Waals surface area contributed by atoms with E-state index in [1.165, 1.54) is 5.56 Å². The van der Waals surface area contributed by atoms with Crippen LogP contribution in [-0.2, 0) is 7.05 Å². The second-order valence-corrected chi connectivity index (χ2v) is 9.44. The first kappa shape index (κ1) is 22.9. The van der Waals surface area contributed by atoms with Crippen LogP contribution >= 0.6 is 0 Å². The molecule has 1 fully saturated rings. The van der Waals surface area contributed by atoms with Crippen molar-refractivity contribution in [1.29, 1.82) is 0 Å². The molecule has 35 heavy (non-hydrogen) atoms. The number of carbonyl (C=O) groups excluding carboxylic acids is 1. The number of anilines is 1. The van der Waals surface area contributed by atoms with E-state index in [4.69, 9.17) is 5.10 Å². The summed E-state index contributed by atoms with van der Waals surface area (Å²) in [5.41, 5.74) is 4.78. The highest BCUT2D eigenvalue weighted by Crippen LogP contribution is 2.40. The second-order valence-electron chi connectivity index (χ2n) is 9.44. The molecule has 1 aliphatic rings. The highest BCUT2D eigenvalue weighted by atomic mass is 16.2. The molecule has 2 N–H and O–H groups in total. The zero-order valence-electron chi connectivity index (χ0n) is 20.5. The minimum Gasteiger partial charge on any atom is -0.334 e. The lowest BCUT2D eigenvalue weighted by Gasteiger charge is -2.22. The number of nitrogens with one attached hydrogen (secondary N) is 2. The summed E-state index contributed by atoms with van der Waals surface area (Å²) in [5, 5.41) is 15.6. The lowest BCUT2D eigenvalue weighted by molar-refractivity contribution is 0.247. The molecular weight excluding hydrogens is 436 g/mol. The standard InChI is InChI=1S/C28H32N6O/c1-4-20-15-24(21-11-7-5-8-12-21)25(16-20)30-28(35)31-27-19(2)26(22-17-29-33(3)18-22)32-34(27)23-13-9-6-10-14-23/h5-14,17-18,20,24-25H,4,15-16H2,1-3H3,(H2,30,31,35)/t20?,24-,25+/m0/s1. The predicted molar refractivity (Wildman–Crippen MR) is 139 cm³/mol. The van der Waals surface area contributed by atoms with Crippen molar-refractivity contribution in [2.45, 2.75) is 45.1 Å². The number of hydrogen-bond donors (Lipinski definition) is 2. The van der Waals surface area contributed by atoms with E-state index in [1.54, 1.807) is 15.6 Å². The van der Waals surface area contributed by atoms with Gasteiger partial charge < -0.3 is 5.32 Å². The monoisotopic (exact) mass is 468 g/mol. The van der Waals surface area contributed by atoms with Crippen molar-refractivity contribution in [3.8, 4) is 16.9 Å². The number of aryl methyl sites for hydroxylation is 1. The van der Waals surface area contributed by atoms with Crippen molar-refractivity contribution >= 4 is 11.8 Å². The van der Waals surface area contributed by atoms with Crippen molar-refractivity contribution in [3.63, 3.8) is 0 Å². The smallest absolute Gasteiger partial charge is 0.320 e. The highest BCUT2D eigenvalue weighted by molar-refractivity contribution is 5.91. The van der Waals surface area contributed by atoms with E-state index in [2.05, 4.69) is 46.9 Å². The van der Waals surface area contributed by atoms with Crippen LogP contribution in [0.15, 0.2) is 73.1 Å². The molecule has 0 bridgehead atoms. The van der Waals surface area contributed by atoms with Gasteiger partial charge in [-0.3, -0.25) is 10.00 Å². The van der Waals surface area contributed by atoms with Gasteiger partial charge in [0.15, 0.2) is 0 Å². The van der Waals surface area contributed by atoms with Crippen LogP contribution in [-0.4, -0.2) is 31.6 Å². The molecule has 4 aromatic rings. The third-order valence-electron chi connectivity index (χ3n) is 7.12. The van der Waals surface area contributed by atoms with Gasteiger partial charge in [-0.05, 0) is 43.4 Å². The summed E-state index contributed by atoms with van der Waals surface area (Å²) in [6, 6.07) is 20.3. The zero-order valence-corrected chi connectivity index (χ0v) is 20.5. The van der Waals surface area contributed by atoms with E-state index < -0.39 is 0 Å². The fraction of sp³-hybridized carbons (Fsp3) is 0.321. The number of nitrogens with zero attached hydrogens (tertiary/aromatic N) is 4. The first-order valence-corrected chi connectivity index (χ1v) is 12.3. The number of aromatic nitrogens is 4. The first-order chi connectivity index (χ1) is 17.0. The first-order valence-electron chi connectivity index (χ1n) is 12.3. The molecule has 180 valence electrons. The molecular formula is C28H32N6O. The Morgan fingerprint density at radius 1 is 1.06 bits per heavy atom. The molecule has 7 heteroatoms. The Balaban J connectivity index is 1.43. The van der Waals surface area contributed by atoms with E-state index in [9.17, 15) is 4.79 Å². The van der Waals surface area contributed by atoms with Gasteiger partial charge in [-0.25, -0.2) is 9.48 Å². The molecule has 0 aliphatic heterocycles. The van der Waals surface area contributed by atoms with Crippen LogP contribution in [0.5, 0.6) is 0 Å². The van der Waals surface area contributed by atoms with Gasteiger partial charge >= 0.3 is 6.03 Å². The van der Waals surface area contributed by atoms with Crippen LogP contribution in [0.25, 0.3) is 16.9 Å². The number of urea groups is 1. The maximum absolute atomic E-state index is 13.3. The van der Waals surface area contributed by atoms with Gasteiger partial charge in [-0.1, -0.05) is 61.9 Å². The largest absolute Gasteiger partial charge is 0.334 e. The zero-order chi connectivity index (χ0) is 24.4. The summed E-state index contributed by atoms with van der Waals surface area (Å²) in [4.78, 5) is 13.3. The van der Waals surface area contributed by atoms with Gasteiger partial charge in [0.1, 0.15) is 11.5 Å². The second kappa shape index (κ2) is 9.78. The van der Waals surface area contributed by atoms with Crippen molar-refractivity contribution in [2.75, 3.05) is 5.32 Å². The van der Waals surface area contributed by atoms with Crippen LogP contribution in [0.2, 0.25) is 0 Å². The normalized spacial score (nSPS) is 19.6. The minimum absolute atomic E-state index is 0.0912. The van der Waals surface area contributed by atoms with Crippen molar-refractivity contribution in [2.24, 2.45) is 13.0 Å². The van der Waals surface area contributed by atoms with Crippen LogP contribution in [0.1, 0.15) is 43.2 Å². The highest BCUT2D eigenvalue weighted by Gasteiger charge is 2.35. The number of carbonyl (C=O) groups is 1. The van der Waals surface area contributed by atoms with Crippen molar-refractivity contribution < 1.29 is 4.79 Å². The van der Waals surface area contributed by atoms with Crippen LogP contribution in [0.3, 0.4) is 0 Å². The number of amides is 2. The Morgan fingerprint density at radius 2 is 1.77 bits per heavy atom. The van der Waals surface area contributed by atoms with Gasteiger partial charge in [-0.2, -0.15) is 10.2 Å². The molecule has 5 rings (SSSR count). The van der Waals surface area contributed by atoms with E-state index in [1.807, 2.05) is 56.6 Å². The molecule has 2 aromatic carbocycles. The summed E-state index contributed by atoms with van der Waals surface area (Å²) in [6.45, 7) is 4.22. The van der Waals surface area contributed by atoms with Crippen molar-refractivity contribution in [3.05, 3.63) is 84.2 Å². The number of para-hydroxylation sites is 1. The van der Waals surface area contributed by atoms with Gasteiger partial charge in [-0.15, -0.1) is 0 Å². The van der Waals surface area contributed by atoms with Gasteiger partial charge in [0.25, 0.3) is 0 Å². The van der Waals surface area contributed by atoms with Crippen molar-refractivity contribution in [1.82, 2.24) is 24.9 Å². The third kappa shape index (κ3) is 4.71. The SMILES string of the molecule is CCC1C[C@@H](NC(=O)Nc2c(C)c(-c3cnn(C)c3)nn2-c2ccccc2)[C@H](c2ccccc2)C1. The van der Waals surface area contributed by atoms with E-state index in [-0.39, 0.29) is 12.1 Å². The molecule has 0 spiro atoms. The molecule has 1 saturated carbocycles. The molecule has 2 amide bonds. The Morgan fingerprint density at radius 3 is 2.43 bits per heavy atom. The molecule has 1 unspecified atom stereocenters. The fourth-order valence-electron chi connectivity index (χ4n) is 5.23. The molecule has 0 saturated heterocycles. The summed E-state index contributed by atoms with van der Waals surface area (Å²) < 4.78 is 3.56. The van der Waals surface area contributed by atoms with Crippen LogP contribution in [0, 0.1) is 12.8 Å². The molecule has 2 heterocycles. The minimum atomic E-state index is -0.203. The van der Waals surface area contributed by atoms with Crippen LogP contribution < -0.4 is 10.6 Å². The molecule has 0 radical (unpaired) electrons. The molecule has 1 aliphatic carbocycles. The number of benzene rings is 2. The third-order valence-corrected chi connectivity index (χ3v) is 7.12. The number of rotatable bonds is 6. The average molecular weight is 469 g/mol. The Labute approximate surface area is 206 Å². The van der Waals surface area contributed by atoms with Gasteiger partial charge in [0, 0.05) is 36.3 Å². The summed E-state index contributed by atoms with van der Waals surface area (Å²) in [6.07, 6.45) is 6.93. The average Bonchev–Trinajstić information content (AvgIpc) is 3.58. The summed E-state index contributed by atoms with van der Waals surface area (Å²) in [7, 11) is 1.88.